The van der Waals surface area contributed by atoms with Gasteiger partial charge in [0, 0.05) is 23.7 Å². The van der Waals surface area contributed by atoms with E-state index in [0.29, 0.717) is 0 Å². The van der Waals surface area contributed by atoms with E-state index in [0.717, 1.165) is 18.1 Å². The molecule has 3 heteroatoms. The third kappa shape index (κ3) is 4.31. The van der Waals surface area contributed by atoms with Gasteiger partial charge in [-0.2, -0.15) is 0 Å². The minimum atomic E-state index is 0.0344. The van der Waals surface area contributed by atoms with Crippen molar-refractivity contribution < 1.29 is 0 Å². The second-order valence-electron chi connectivity index (χ2n) is 5.41. The van der Waals surface area contributed by atoms with Crippen molar-refractivity contribution in [1.82, 2.24) is 4.90 Å². The van der Waals surface area contributed by atoms with Crippen molar-refractivity contribution in [2.24, 2.45) is 5.73 Å². The van der Waals surface area contributed by atoms with E-state index in [9.17, 15) is 0 Å². The first kappa shape index (κ1) is 16.0. The Hall–Kier alpha value is -1.35. The molecule has 0 bridgehead atoms. The molecule has 2 N–H and O–H groups in total. The molecule has 2 rings (SSSR count). The van der Waals surface area contributed by atoms with Crippen LogP contribution in [0.1, 0.15) is 31.0 Å². The van der Waals surface area contributed by atoms with E-state index >= 15 is 0 Å². The molecule has 0 aliphatic carbocycles. The van der Waals surface area contributed by atoms with Crippen molar-refractivity contribution in [3.63, 3.8) is 0 Å². The Labute approximate surface area is 132 Å². The lowest BCUT2D eigenvalue weighted by Gasteiger charge is -2.34. The molecular formula is C18H23ClN2. The topological polar surface area (TPSA) is 29.3 Å². The molecule has 21 heavy (non-hydrogen) atoms. The van der Waals surface area contributed by atoms with Gasteiger partial charge in [0.05, 0.1) is 0 Å². The van der Waals surface area contributed by atoms with Crippen LogP contribution in [-0.4, -0.2) is 17.5 Å². The summed E-state index contributed by atoms with van der Waals surface area (Å²) < 4.78 is 0. The van der Waals surface area contributed by atoms with Crippen molar-refractivity contribution in [2.45, 2.75) is 32.5 Å². The van der Waals surface area contributed by atoms with Crippen LogP contribution in [0.2, 0.25) is 5.02 Å². The zero-order chi connectivity index (χ0) is 15.2. The fraction of sp³-hybridized carbons (Fsp3) is 0.333. The Balaban J connectivity index is 2.26. The minimum Gasteiger partial charge on any atom is -0.326 e. The van der Waals surface area contributed by atoms with Crippen LogP contribution < -0.4 is 5.73 Å². The predicted molar refractivity (Wildman–Crippen MR) is 90.4 cm³/mol. The summed E-state index contributed by atoms with van der Waals surface area (Å²) >= 11 is 6.14. The van der Waals surface area contributed by atoms with Gasteiger partial charge in [-0.25, -0.2) is 0 Å². The zero-order valence-electron chi connectivity index (χ0n) is 12.7. The molecule has 0 spiro atoms. The Bertz CT molecular complexity index is 554. The number of likely N-dealkylation sites (N-methyl/N-ethyl adjacent to an activating group) is 1. The van der Waals surface area contributed by atoms with Crippen molar-refractivity contribution in [3.8, 4) is 0 Å². The summed E-state index contributed by atoms with van der Waals surface area (Å²) in [5.41, 5.74) is 8.74. The highest BCUT2D eigenvalue weighted by Gasteiger charge is 2.23. The molecule has 2 aromatic rings. The van der Waals surface area contributed by atoms with Crippen LogP contribution in [0.15, 0.2) is 54.6 Å². The molecule has 0 heterocycles. The smallest absolute Gasteiger partial charge is 0.0500 e. The third-order valence-corrected chi connectivity index (χ3v) is 3.95. The van der Waals surface area contributed by atoms with Crippen LogP contribution in [0.5, 0.6) is 0 Å². The summed E-state index contributed by atoms with van der Waals surface area (Å²) in [6.07, 6.45) is 0. The van der Waals surface area contributed by atoms with Crippen molar-refractivity contribution in [1.29, 1.82) is 0 Å². The van der Waals surface area contributed by atoms with Gasteiger partial charge in [-0.1, -0.05) is 61.0 Å². The summed E-state index contributed by atoms with van der Waals surface area (Å²) in [4.78, 5) is 2.39. The van der Waals surface area contributed by atoms with Gasteiger partial charge in [-0.3, -0.25) is 4.90 Å². The van der Waals surface area contributed by atoms with E-state index in [1.807, 2.05) is 24.3 Å². The monoisotopic (exact) mass is 302 g/mol. The third-order valence-electron chi connectivity index (χ3n) is 3.72. The Morgan fingerprint density at radius 2 is 1.81 bits per heavy atom. The second-order valence-corrected chi connectivity index (χ2v) is 5.84. The molecular weight excluding hydrogens is 280 g/mol. The maximum Gasteiger partial charge on any atom is 0.0500 e. The molecule has 2 aromatic carbocycles. The fourth-order valence-corrected chi connectivity index (χ4v) is 2.96. The van der Waals surface area contributed by atoms with Crippen LogP contribution >= 0.6 is 11.6 Å². The Morgan fingerprint density at radius 3 is 2.38 bits per heavy atom. The lowest BCUT2D eigenvalue weighted by molar-refractivity contribution is 0.177. The molecule has 2 nitrogen and oxygen atoms in total. The number of nitrogens with two attached hydrogens (primary N) is 1. The van der Waals surface area contributed by atoms with Gasteiger partial charge in [-0.05, 0) is 36.7 Å². The molecule has 0 aliphatic rings. The minimum absolute atomic E-state index is 0.0344. The van der Waals surface area contributed by atoms with Crippen molar-refractivity contribution >= 4 is 11.6 Å². The summed E-state index contributed by atoms with van der Waals surface area (Å²) in [6.45, 7) is 6.05. The van der Waals surface area contributed by atoms with E-state index in [-0.39, 0.29) is 12.1 Å². The van der Waals surface area contributed by atoms with Crippen molar-refractivity contribution in [2.75, 3.05) is 6.54 Å². The molecule has 2 unspecified atom stereocenters. The average Bonchev–Trinajstić information content (AvgIpc) is 2.47. The van der Waals surface area contributed by atoms with Crippen molar-refractivity contribution in [3.05, 3.63) is 70.7 Å². The predicted octanol–water partition coefficient (Wildman–Crippen LogP) is 4.25. The molecule has 2 atom stereocenters. The standard InChI is InChI=1S/C18H23ClN2/c1-3-21(13-15-8-5-4-6-9-15)18(14(2)20)16-10-7-11-17(19)12-16/h4-12,14,18H,3,13,20H2,1-2H3. The molecule has 0 amide bonds. The summed E-state index contributed by atoms with van der Waals surface area (Å²) in [6, 6.07) is 18.7. The highest BCUT2D eigenvalue weighted by Crippen LogP contribution is 2.27. The number of halogens is 1. The van der Waals surface area contributed by atoms with Crippen LogP contribution in [0.4, 0.5) is 0 Å². The maximum atomic E-state index is 6.26. The maximum absolute atomic E-state index is 6.26. The largest absolute Gasteiger partial charge is 0.326 e. The van der Waals surface area contributed by atoms with Gasteiger partial charge < -0.3 is 5.73 Å². The SMILES string of the molecule is CCN(Cc1ccccc1)C(c1cccc(Cl)c1)C(C)N. The van der Waals surface area contributed by atoms with Gasteiger partial charge in [-0.15, -0.1) is 0 Å². The number of hydrogen-bond acceptors (Lipinski definition) is 2. The number of nitrogens with zero attached hydrogens (tertiary/aromatic N) is 1. The van der Waals surface area contributed by atoms with Crippen LogP contribution in [-0.2, 0) is 6.54 Å². The first-order valence-electron chi connectivity index (χ1n) is 7.41. The van der Waals surface area contributed by atoms with Crippen LogP contribution in [0, 0.1) is 0 Å². The number of rotatable bonds is 6. The molecule has 0 aromatic heterocycles. The lowest BCUT2D eigenvalue weighted by Crippen LogP contribution is -2.39. The number of benzene rings is 2. The summed E-state index contributed by atoms with van der Waals surface area (Å²) in [5, 5.41) is 0.758. The normalized spacial score (nSPS) is 14.1. The average molecular weight is 303 g/mol. The molecule has 0 saturated carbocycles. The first-order valence-corrected chi connectivity index (χ1v) is 7.78. The molecule has 0 saturated heterocycles. The highest BCUT2D eigenvalue weighted by molar-refractivity contribution is 6.30. The fourth-order valence-electron chi connectivity index (χ4n) is 2.76. The van der Waals surface area contributed by atoms with E-state index in [2.05, 4.69) is 49.1 Å². The molecule has 112 valence electrons. The first-order chi connectivity index (χ1) is 10.1. The van der Waals surface area contributed by atoms with Gasteiger partial charge in [0.2, 0.25) is 0 Å². The van der Waals surface area contributed by atoms with E-state index in [1.165, 1.54) is 11.1 Å². The summed E-state index contributed by atoms with van der Waals surface area (Å²) in [5.74, 6) is 0. The number of hydrogen-bond donors (Lipinski definition) is 1. The van der Waals surface area contributed by atoms with E-state index in [4.69, 9.17) is 17.3 Å². The highest BCUT2D eigenvalue weighted by atomic mass is 35.5. The lowest BCUT2D eigenvalue weighted by atomic mass is 9.98. The van der Waals surface area contributed by atoms with Crippen LogP contribution in [0.3, 0.4) is 0 Å². The van der Waals surface area contributed by atoms with Gasteiger partial charge in [0.1, 0.15) is 0 Å². The Kier molecular flexibility index (Phi) is 5.80. The van der Waals surface area contributed by atoms with Gasteiger partial charge in [0.25, 0.3) is 0 Å². The van der Waals surface area contributed by atoms with E-state index < -0.39 is 0 Å². The van der Waals surface area contributed by atoms with Gasteiger partial charge >= 0.3 is 0 Å². The van der Waals surface area contributed by atoms with Crippen LogP contribution in [0.25, 0.3) is 0 Å². The van der Waals surface area contributed by atoms with E-state index in [1.54, 1.807) is 0 Å². The zero-order valence-corrected chi connectivity index (χ0v) is 13.4. The molecule has 0 aliphatic heterocycles. The molecule has 0 fully saturated rings. The quantitative estimate of drug-likeness (QED) is 0.864. The Morgan fingerprint density at radius 1 is 1.10 bits per heavy atom. The summed E-state index contributed by atoms with van der Waals surface area (Å²) in [7, 11) is 0. The molecule has 0 radical (unpaired) electrons. The second kappa shape index (κ2) is 7.60. The van der Waals surface area contributed by atoms with Gasteiger partial charge in [0.15, 0.2) is 0 Å².